The molecule has 130 valence electrons. The highest BCUT2D eigenvalue weighted by Crippen LogP contribution is 2.25. The van der Waals surface area contributed by atoms with Crippen LogP contribution in [0.1, 0.15) is 27.9 Å². The Labute approximate surface area is 155 Å². The third kappa shape index (κ3) is 3.78. The fourth-order valence-corrected chi connectivity index (χ4v) is 3.48. The number of hydrogen-bond donors (Lipinski definition) is 0. The van der Waals surface area contributed by atoms with Crippen LogP contribution >= 0.6 is 12.4 Å². The van der Waals surface area contributed by atoms with Crippen LogP contribution in [-0.2, 0) is 19.5 Å². The van der Waals surface area contributed by atoms with Gasteiger partial charge in [0.2, 0.25) is 5.89 Å². The molecule has 0 saturated carbocycles. The molecule has 0 aliphatic carbocycles. The van der Waals surface area contributed by atoms with Gasteiger partial charge in [0.15, 0.2) is 0 Å². The minimum Gasteiger partial charge on any atom is -0.444 e. The number of aryl methyl sites for hydroxylation is 2. The molecular formula is C21H23ClN2O. The largest absolute Gasteiger partial charge is 0.444 e. The van der Waals surface area contributed by atoms with E-state index in [0.29, 0.717) is 0 Å². The van der Waals surface area contributed by atoms with Crippen LogP contribution in [0.25, 0.3) is 11.5 Å². The first-order valence-corrected chi connectivity index (χ1v) is 8.50. The van der Waals surface area contributed by atoms with E-state index in [9.17, 15) is 0 Å². The third-order valence-electron chi connectivity index (χ3n) is 4.76. The van der Waals surface area contributed by atoms with Gasteiger partial charge in [0.05, 0.1) is 5.69 Å². The summed E-state index contributed by atoms with van der Waals surface area (Å²) >= 11 is 0. The molecule has 0 N–H and O–H groups in total. The average Bonchev–Trinajstić information content (AvgIpc) is 3.03. The van der Waals surface area contributed by atoms with E-state index in [2.05, 4.69) is 61.2 Å². The van der Waals surface area contributed by atoms with Gasteiger partial charge in [0.25, 0.3) is 0 Å². The van der Waals surface area contributed by atoms with E-state index in [4.69, 9.17) is 9.40 Å². The Kier molecular flexibility index (Phi) is 5.26. The normalized spacial score (nSPS) is 14.0. The Morgan fingerprint density at radius 2 is 1.88 bits per heavy atom. The van der Waals surface area contributed by atoms with Crippen molar-refractivity contribution >= 4 is 12.4 Å². The van der Waals surface area contributed by atoms with Crippen molar-refractivity contribution < 1.29 is 4.42 Å². The number of aromatic nitrogens is 1. The molecule has 0 spiro atoms. The summed E-state index contributed by atoms with van der Waals surface area (Å²) in [6, 6.07) is 15.1. The van der Waals surface area contributed by atoms with Crippen LogP contribution in [0.4, 0.5) is 0 Å². The Hall–Kier alpha value is -2.10. The predicted molar refractivity (Wildman–Crippen MR) is 103 cm³/mol. The van der Waals surface area contributed by atoms with Crippen LogP contribution in [0.5, 0.6) is 0 Å². The minimum atomic E-state index is 0. The molecule has 25 heavy (non-hydrogen) atoms. The quantitative estimate of drug-likeness (QED) is 0.667. The smallest absolute Gasteiger partial charge is 0.226 e. The van der Waals surface area contributed by atoms with Crippen LogP contribution in [0.2, 0.25) is 0 Å². The monoisotopic (exact) mass is 354 g/mol. The van der Waals surface area contributed by atoms with Gasteiger partial charge in [-0.15, -0.1) is 12.4 Å². The van der Waals surface area contributed by atoms with Gasteiger partial charge in [-0.1, -0.05) is 42.0 Å². The Balaban J connectivity index is 0.00000182. The summed E-state index contributed by atoms with van der Waals surface area (Å²) in [6.07, 6.45) is 2.91. The van der Waals surface area contributed by atoms with Gasteiger partial charge >= 0.3 is 0 Å². The minimum absolute atomic E-state index is 0. The van der Waals surface area contributed by atoms with Crippen molar-refractivity contribution in [3.63, 3.8) is 0 Å². The topological polar surface area (TPSA) is 29.3 Å². The number of hydrogen-bond acceptors (Lipinski definition) is 3. The number of oxazole rings is 1. The number of fused-ring (bicyclic) bond motifs is 1. The lowest BCUT2D eigenvalue weighted by Gasteiger charge is -2.27. The van der Waals surface area contributed by atoms with Gasteiger partial charge in [-0.3, -0.25) is 4.90 Å². The van der Waals surface area contributed by atoms with Crippen molar-refractivity contribution in [2.24, 2.45) is 0 Å². The van der Waals surface area contributed by atoms with E-state index >= 15 is 0 Å². The summed E-state index contributed by atoms with van der Waals surface area (Å²) in [7, 11) is 0. The van der Waals surface area contributed by atoms with Crippen molar-refractivity contribution in [1.82, 2.24) is 9.88 Å². The maximum atomic E-state index is 5.74. The predicted octanol–water partition coefficient (Wildman–Crippen LogP) is 4.94. The summed E-state index contributed by atoms with van der Waals surface area (Å²) in [5.41, 5.74) is 7.46. The summed E-state index contributed by atoms with van der Waals surface area (Å²) in [5, 5.41) is 0. The van der Waals surface area contributed by atoms with Gasteiger partial charge in [-0.25, -0.2) is 4.98 Å². The highest BCUT2D eigenvalue weighted by molar-refractivity contribution is 5.85. The fraction of sp³-hybridized carbons (Fsp3) is 0.286. The van der Waals surface area contributed by atoms with Crippen LogP contribution < -0.4 is 0 Å². The standard InChI is InChI=1S/C21H22N2O.ClH/c1-15-7-8-20(16(2)11-15)21-22-19(14-24-21)13-23-10-9-17-5-3-4-6-18(17)12-23;/h3-8,11,14H,9-10,12-13H2,1-2H3;1H. The molecule has 2 aromatic carbocycles. The maximum absolute atomic E-state index is 5.74. The second kappa shape index (κ2) is 7.42. The summed E-state index contributed by atoms with van der Waals surface area (Å²) in [5.74, 6) is 0.722. The van der Waals surface area contributed by atoms with E-state index in [0.717, 1.165) is 43.2 Å². The molecule has 3 nitrogen and oxygen atoms in total. The molecule has 0 amide bonds. The Bertz CT molecular complexity index is 872. The van der Waals surface area contributed by atoms with Crippen molar-refractivity contribution in [2.45, 2.75) is 33.4 Å². The Morgan fingerprint density at radius 3 is 2.68 bits per heavy atom. The van der Waals surface area contributed by atoms with Crippen LogP contribution in [0.15, 0.2) is 53.1 Å². The number of benzene rings is 2. The second-order valence-corrected chi connectivity index (χ2v) is 6.69. The zero-order valence-electron chi connectivity index (χ0n) is 14.7. The van der Waals surface area contributed by atoms with Crippen LogP contribution in [0, 0.1) is 13.8 Å². The van der Waals surface area contributed by atoms with E-state index in [1.54, 1.807) is 6.26 Å². The van der Waals surface area contributed by atoms with Crippen LogP contribution in [-0.4, -0.2) is 16.4 Å². The lowest BCUT2D eigenvalue weighted by molar-refractivity contribution is 0.242. The zero-order chi connectivity index (χ0) is 16.5. The van der Waals surface area contributed by atoms with Gasteiger partial charge in [0, 0.05) is 25.2 Å². The molecule has 0 atom stereocenters. The van der Waals surface area contributed by atoms with Crippen LogP contribution in [0.3, 0.4) is 0 Å². The average molecular weight is 355 g/mol. The first-order chi connectivity index (χ1) is 11.7. The van der Waals surface area contributed by atoms with Gasteiger partial charge in [0.1, 0.15) is 6.26 Å². The highest BCUT2D eigenvalue weighted by atomic mass is 35.5. The van der Waals surface area contributed by atoms with Gasteiger partial charge < -0.3 is 4.42 Å². The lowest BCUT2D eigenvalue weighted by Crippen LogP contribution is -2.30. The first-order valence-electron chi connectivity index (χ1n) is 8.50. The molecule has 0 fully saturated rings. The molecule has 3 aromatic rings. The number of halogens is 1. The molecule has 0 unspecified atom stereocenters. The zero-order valence-corrected chi connectivity index (χ0v) is 15.5. The molecule has 0 bridgehead atoms. The molecule has 0 radical (unpaired) electrons. The molecule has 1 aromatic heterocycles. The SMILES string of the molecule is Cc1ccc(-c2nc(CN3CCc4ccccc4C3)co2)c(C)c1.Cl. The lowest BCUT2D eigenvalue weighted by atomic mass is 10.00. The number of nitrogens with zero attached hydrogens (tertiary/aromatic N) is 2. The molecule has 4 heteroatoms. The summed E-state index contributed by atoms with van der Waals surface area (Å²) in [6.45, 7) is 7.10. The molecule has 1 aliphatic rings. The van der Waals surface area contributed by atoms with E-state index < -0.39 is 0 Å². The maximum Gasteiger partial charge on any atom is 0.226 e. The molecule has 0 saturated heterocycles. The van der Waals surface area contributed by atoms with Gasteiger partial charge in [-0.2, -0.15) is 0 Å². The third-order valence-corrected chi connectivity index (χ3v) is 4.76. The van der Waals surface area contributed by atoms with Crippen molar-refractivity contribution in [1.29, 1.82) is 0 Å². The Morgan fingerprint density at radius 1 is 1.08 bits per heavy atom. The molecular weight excluding hydrogens is 332 g/mol. The highest BCUT2D eigenvalue weighted by Gasteiger charge is 2.17. The van der Waals surface area contributed by atoms with Crippen molar-refractivity contribution in [2.75, 3.05) is 6.54 Å². The molecule has 1 aliphatic heterocycles. The fourth-order valence-electron chi connectivity index (χ4n) is 3.48. The number of rotatable bonds is 3. The van der Waals surface area contributed by atoms with E-state index in [1.807, 2.05) is 0 Å². The van der Waals surface area contributed by atoms with E-state index in [1.165, 1.54) is 22.3 Å². The van der Waals surface area contributed by atoms with E-state index in [-0.39, 0.29) is 12.4 Å². The van der Waals surface area contributed by atoms with Crippen molar-refractivity contribution in [3.05, 3.63) is 76.7 Å². The van der Waals surface area contributed by atoms with Crippen molar-refractivity contribution in [3.8, 4) is 11.5 Å². The second-order valence-electron chi connectivity index (χ2n) is 6.69. The van der Waals surface area contributed by atoms with Gasteiger partial charge in [-0.05, 0) is 43.0 Å². The first kappa shape index (κ1) is 17.7. The summed E-state index contributed by atoms with van der Waals surface area (Å²) < 4.78 is 5.74. The summed E-state index contributed by atoms with van der Waals surface area (Å²) in [4.78, 5) is 7.15. The molecule has 4 rings (SSSR count). The molecule has 2 heterocycles.